The number of benzene rings is 9. The van der Waals surface area contributed by atoms with Gasteiger partial charge in [0, 0.05) is 51.0 Å². The third kappa shape index (κ3) is 6.00. The number of aromatic nitrogens is 4. The molecule has 12 aromatic rings. The predicted octanol–water partition coefficient (Wildman–Crippen LogP) is 15.0. The van der Waals surface area contributed by atoms with Crippen LogP contribution in [0.1, 0.15) is 0 Å². The predicted molar refractivity (Wildman–Crippen MR) is 258 cm³/mol. The van der Waals surface area contributed by atoms with E-state index in [-0.39, 0.29) is 0 Å². The highest BCUT2D eigenvalue weighted by atomic mass is 14.9. The van der Waals surface area contributed by atoms with Crippen molar-refractivity contribution in [3.8, 4) is 67.3 Å². The summed E-state index contributed by atoms with van der Waals surface area (Å²) < 4.78 is 0. The second-order valence-corrected chi connectivity index (χ2v) is 15.7. The van der Waals surface area contributed by atoms with E-state index in [1.165, 1.54) is 32.7 Å². The number of hydrogen-bond donors (Lipinski definition) is 0. The van der Waals surface area contributed by atoms with Gasteiger partial charge in [0.05, 0.1) is 22.4 Å². The van der Waals surface area contributed by atoms with Crippen LogP contribution >= 0.6 is 0 Å². The number of fused-ring (bicyclic) bond motifs is 5. The van der Waals surface area contributed by atoms with Gasteiger partial charge in [0.15, 0.2) is 5.82 Å². The van der Waals surface area contributed by atoms with Gasteiger partial charge in [-0.25, -0.2) is 9.97 Å². The Labute approximate surface area is 358 Å². The van der Waals surface area contributed by atoms with Crippen molar-refractivity contribution in [3.05, 3.63) is 219 Å². The van der Waals surface area contributed by atoms with Crippen molar-refractivity contribution in [1.82, 2.24) is 19.9 Å². The van der Waals surface area contributed by atoms with Crippen LogP contribution < -0.4 is 0 Å². The van der Waals surface area contributed by atoms with Crippen molar-refractivity contribution in [2.75, 3.05) is 0 Å². The molecule has 0 unspecified atom stereocenters. The summed E-state index contributed by atoms with van der Waals surface area (Å²) in [6, 6.07) is 73.2. The van der Waals surface area contributed by atoms with Gasteiger partial charge < -0.3 is 0 Å². The van der Waals surface area contributed by atoms with E-state index in [0.717, 1.165) is 82.9 Å². The molecule has 4 nitrogen and oxygen atoms in total. The van der Waals surface area contributed by atoms with Crippen molar-refractivity contribution in [2.45, 2.75) is 0 Å². The first kappa shape index (κ1) is 35.6. The molecule has 4 heteroatoms. The molecule has 0 saturated heterocycles. The molecule has 0 spiro atoms. The summed E-state index contributed by atoms with van der Waals surface area (Å²) in [7, 11) is 0. The van der Waals surface area contributed by atoms with Crippen LogP contribution in [0.15, 0.2) is 219 Å². The van der Waals surface area contributed by atoms with E-state index in [2.05, 4.69) is 194 Å². The van der Waals surface area contributed by atoms with E-state index >= 15 is 0 Å². The van der Waals surface area contributed by atoms with Gasteiger partial charge in [0.2, 0.25) is 0 Å². The summed E-state index contributed by atoms with van der Waals surface area (Å²) in [6.07, 6.45) is 3.71. The van der Waals surface area contributed by atoms with Gasteiger partial charge in [-0.05, 0) is 72.8 Å². The lowest BCUT2D eigenvalue weighted by Gasteiger charge is -2.19. The lowest BCUT2D eigenvalue weighted by molar-refractivity contribution is 1.19. The van der Waals surface area contributed by atoms with Gasteiger partial charge in [0.25, 0.3) is 0 Å². The fraction of sp³-hybridized carbons (Fsp3) is 0. The molecule has 12 rings (SSSR count). The smallest absolute Gasteiger partial charge is 0.160 e. The normalized spacial score (nSPS) is 11.5. The molecule has 0 amide bonds. The monoisotopic (exact) mass is 788 g/mol. The second kappa shape index (κ2) is 14.7. The third-order valence-electron chi connectivity index (χ3n) is 12.2. The highest BCUT2D eigenvalue weighted by Crippen LogP contribution is 2.45. The lowest BCUT2D eigenvalue weighted by Crippen LogP contribution is -1.98. The first-order chi connectivity index (χ1) is 30.7. The van der Waals surface area contributed by atoms with Crippen molar-refractivity contribution >= 4 is 54.1 Å². The number of rotatable bonds is 6. The number of hydrogen-bond acceptors (Lipinski definition) is 4. The lowest BCUT2D eigenvalue weighted by atomic mass is 9.85. The Hall–Kier alpha value is -8.34. The van der Waals surface area contributed by atoms with Crippen molar-refractivity contribution in [2.24, 2.45) is 0 Å². The van der Waals surface area contributed by atoms with Crippen LogP contribution in [-0.4, -0.2) is 19.9 Å². The zero-order valence-electron chi connectivity index (χ0n) is 33.6. The molecule has 0 saturated carbocycles. The van der Waals surface area contributed by atoms with E-state index in [1.54, 1.807) is 0 Å². The topological polar surface area (TPSA) is 51.6 Å². The Bertz CT molecular complexity index is 3470. The first-order valence-corrected chi connectivity index (χ1v) is 21.0. The number of pyridine rings is 2. The summed E-state index contributed by atoms with van der Waals surface area (Å²) >= 11 is 0. The molecule has 0 fully saturated rings. The van der Waals surface area contributed by atoms with E-state index in [0.29, 0.717) is 5.82 Å². The molecule has 0 aliphatic heterocycles. The van der Waals surface area contributed by atoms with Gasteiger partial charge in [-0.1, -0.05) is 188 Å². The molecule has 62 heavy (non-hydrogen) atoms. The Morgan fingerprint density at radius 2 is 0.694 bits per heavy atom. The maximum absolute atomic E-state index is 5.47. The zero-order valence-corrected chi connectivity index (χ0v) is 33.6. The minimum Gasteiger partial charge on any atom is -0.256 e. The molecule has 0 bridgehead atoms. The summed E-state index contributed by atoms with van der Waals surface area (Å²) in [5, 5.41) is 9.33. The molecule has 0 aliphatic carbocycles. The summed E-state index contributed by atoms with van der Waals surface area (Å²) in [4.78, 5) is 20.3. The largest absolute Gasteiger partial charge is 0.256 e. The number of para-hydroxylation sites is 2. The minimum atomic E-state index is 0.661. The van der Waals surface area contributed by atoms with Gasteiger partial charge in [0.1, 0.15) is 0 Å². The first-order valence-electron chi connectivity index (χ1n) is 21.0. The highest BCUT2D eigenvalue weighted by Gasteiger charge is 2.21. The van der Waals surface area contributed by atoms with Crippen LogP contribution in [0.4, 0.5) is 0 Å². The average Bonchev–Trinajstić information content (AvgIpc) is 3.35. The van der Waals surface area contributed by atoms with Crippen LogP contribution in [0.5, 0.6) is 0 Å². The maximum atomic E-state index is 5.47. The van der Waals surface area contributed by atoms with Crippen LogP contribution in [0, 0.1) is 0 Å². The fourth-order valence-electron chi connectivity index (χ4n) is 9.28. The maximum Gasteiger partial charge on any atom is 0.160 e. The Morgan fingerprint density at radius 1 is 0.274 bits per heavy atom. The molecule has 0 aliphatic rings. The summed E-state index contributed by atoms with van der Waals surface area (Å²) in [6.45, 7) is 0. The van der Waals surface area contributed by atoms with Gasteiger partial charge in [-0.15, -0.1) is 0 Å². The zero-order chi connectivity index (χ0) is 41.0. The van der Waals surface area contributed by atoms with Crippen molar-refractivity contribution in [3.63, 3.8) is 0 Å². The quantitative estimate of drug-likeness (QED) is 0.158. The minimum absolute atomic E-state index is 0.661. The fourth-order valence-corrected chi connectivity index (χ4v) is 9.28. The van der Waals surface area contributed by atoms with Crippen LogP contribution in [-0.2, 0) is 0 Å². The van der Waals surface area contributed by atoms with Crippen molar-refractivity contribution < 1.29 is 0 Å². The average molecular weight is 789 g/mol. The Kier molecular flexibility index (Phi) is 8.46. The van der Waals surface area contributed by atoms with Gasteiger partial charge in [-0.3, -0.25) is 9.97 Å². The SMILES string of the molecule is c1ccc2c(-c3c4ccccc4c(-c4cc(-c5ccc(-c6cccc7cccnc67)cc5)nc(-c5ccc(-c6cccc7cccnc67)cc5)n4)c4ccccc34)cccc2c1. The Balaban J connectivity index is 1.07. The highest BCUT2D eigenvalue weighted by molar-refractivity contribution is 6.23. The van der Waals surface area contributed by atoms with E-state index in [1.807, 2.05) is 24.5 Å². The van der Waals surface area contributed by atoms with Crippen LogP contribution in [0.25, 0.3) is 121 Å². The third-order valence-corrected chi connectivity index (χ3v) is 12.2. The summed E-state index contributed by atoms with van der Waals surface area (Å²) in [5.74, 6) is 0.661. The van der Waals surface area contributed by atoms with E-state index < -0.39 is 0 Å². The standard InChI is InChI=1S/C58H36N4/c1-2-18-44-37(12-1)13-7-25-47(44)54-48-19-3-5-21-50(48)55(51-22-6-4-20-49(51)54)53-36-52(40-30-26-38(27-31-40)45-23-8-14-41-16-10-34-59-56(41)45)61-58(62-53)43-32-28-39(29-33-43)46-24-9-15-42-17-11-35-60-57(42)46/h1-36H. The molecule has 3 aromatic heterocycles. The molecule has 0 N–H and O–H groups in total. The molecule has 0 radical (unpaired) electrons. The number of nitrogens with zero attached hydrogens (tertiary/aromatic N) is 4. The molecule has 0 atom stereocenters. The summed E-state index contributed by atoms with van der Waals surface area (Å²) in [5.41, 5.74) is 13.5. The molecular formula is C58H36N4. The van der Waals surface area contributed by atoms with Gasteiger partial charge >= 0.3 is 0 Å². The van der Waals surface area contributed by atoms with E-state index in [4.69, 9.17) is 19.9 Å². The second-order valence-electron chi connectivity index (χ2n) is 15.7. The molecule has 3 heterocycles. The van der Waals surface area contributed by atoms with Crippen LogP contribution in [0.2, 0.25) is 0 Å². The van der Waals surface area contributed by atoms with E-state index in [9.17, 15) is 0 Å². The molecule has 288 valence electrons. The van der Waals surface area contributed by atoms with Crippen LogP contribution in [0.3, 0.4) is 0 Å². The Morgan fingerprint density at radius 3 is 1.27 bits per heavy atom. The molecular weight excluding hydrogens is 753 g/mol. The van der Waals surface area contributed by atoms with Gasteiger partial charge in [-0.2, -0.15) is 0 Å². The molecule has 9 aromatic carbocycles. The van der Waals surface area contributed by atoms with Crippen molar-refractivity contribution in [1.29, 1.82) is 0 Å².